The Morgan fingerprint density at radius 3 is 1.85 bits per heavy atom. The molecule has 3 saturated carbocycles. The SMILES string of the molecule is CC(C)(C)[Si](O[C@@H]1C[C@H]2CC[C@@H]1[C@@H](O)C2)(c1ccccc1)c1ccccc1. The second-order valence-electron chi connectivity index (χ2n) is 9.47. The van der Waals surface area contributed by atoms with E-state index in [0.717, 1.165) is 19.3 Å². The first-order chi connectivity index (χ1) is 12.9. The third-order valence-corrected chi connectivity index (χ3v) is 11.8. The van der Waals surface area contributed by atoms with Crippen LogP contribution in [0.5, 0.6) is 0 Å². The van der Waals surface area contributed by atoms with Crippen LogP contribution in [0.15, 0.2) is 60.7 Å². The van der Waals surface area contributed by atoms with Crippen LogP contribution in [-0.4, -0.2) is 25.6 Å². The highest BCUT2D eigenvalue weighted by Gasteiger charge is 2.54. The van der Waals surface area contributed by atoms with Gasteiger partial charge in [-0.05, 0) is 47.0 Å². The molecule has 2 nitrogen and oxygen atoms in total. The van der Waals surface area contributed by atoms with E-state index in [-0.39, 0.29) is 23.2 Å². The zero-order chi connectivity index (χ0) is 19.1. The number of hydrogen-bond acceptors (Lipinski definition) is 2. The molecular formula is C24H32O2Si. The topological polar surface area (TPSA) is 29.5 Å². The molecule has 4 atom stereocenters. The highest BCUT2D eigenvalue weighted by Crippen LogP contribution is 2.46. The standard InChI is InChI=1S/C24H32O2Si/c1-24(2,3)27(19-10-6-4-7-11-19,20-12-8-5-9-13-20)26-23-17-18-14-15-21(23)22(25)16-18/h4-13,18,21-23,25H,14-17H2,1-3H3/t18-,21+,22-,23+/m0/s1. The van der Waals surface area contributed by atoms with Crippen molar-refractivity contribution in [1.82, 2.24) is 0 Å². The van der Waals surface area contributed by atoms with Gasteiger partial charge in [-0.25, -0.2) is 0 Å². The van der Waals surface area contributed by atoms with Crippen molar-refractivity contribution < 1.29 is 9.53 Å². The van der Waals surface area contributed by atoms with Gasteiger partial charge in [-0.15, -0.1) is 0 Å². The lowest BCUT2D eigenvalue weighted by Crippen LogP contribution is -2.69. The van der Waals surface area contributed by atoms with E-state index in [1.165, 1.54) is 16.8 Å². The maximum Gasteiger partial charge on any atom is 0.261 e. The van der Waals surface area contributed by atoms with Gasteiger partial charge in [-0.2, -0.15) is 0 Å². The van der Waals surface area contributed by atoms with E-state index >= 15 is 0 Å². The molecule has 3 aliphatic rings. The smallest absolute Gasteiger partial charge is 0.261 e. The van der Waals surface area contributed by atoms with Crippen molar-refractivity contribution in [3.05, 3.63) is 60.7 Å². The molecule has 3 fully saturated rings. The summed E-state index contributed by atoms with van der Waals surface area (Å²) in [6.45, 7) is 6.99. The zero-order valence-corrected chi connectivity index (χ0v) is 17.8. The Morgan fingerprint density at radius 2 is 1.41 bits per heavy atom. The molecular weight excluding hydrogens is 348 g/mol. The molecule has 0 aliphatic heterocycles. The molecule has 0 amide bonds. The molecule has 0 unspecified atom stereocenters. The lowest BCUT2D eigenvalue weighted by Gasteiger charge is -2.51. The summed E-state index contributed by atoms with van der Waals surface area (Å²) in [7, 11) is -2.51. The first-order valence-electron chi connectivity index (χ1n) is 10.4. The van der Waals surface area contributed by atoms with E-state index in [4.69, 9.17) is 4.43 Å². The van der Waals surface area contributed by atoms with Crippen LogP contribution in [0.25, 0.3) is 0 Å². The molecule has 1 N–H and O–H groups in total. The first kappa shape index (κ1) is 18.9. The van der Waals surface area contributed by atoms with Crippen molar-refractivity contribution in [3.63, 3.8) is 0 Å². The summed E-state index contributed by atoms with van der Waals surface area (Å²) < 4.78 is 7.30. The zero-order valence-electron chi connectivity index (χ0n) is 16.8. The average molecular weight is 381 g/mol. The highest BCUT2D eigenvalue weighted by atomic mass is 28.4. The Bertz CT molecular complexity index is 713. The van der Waals surface area contributed by atoms with Gasteiger partial charge in [0.2, 0.25) is 0 Å². The minimum Gasteiger partial charge on any atom is -0.404 e. The van der Waals surface area contributed by atoms with E-state index < -0.39 is 8.32 Å². The monoisotopic (exact) mass is 380 g/mol. The number of rotatable bonds is 4. The largest absolute Gasteiger partial charge is 0.404 e. The maximum atomic E-state index is 10.6. The summed E-state index contributed by atoms with van der Waals surface area (Å²) in [5, 5.41) is 13.3. The quantitative estimate of drug-likeness (QED) is 0.809. The van der Waals surface area contributed by atoms with E-state index in [9.17, 15) is 5.11 Å². The van der Waals surface area contributed by atoms with E-state index in [1.54, 1.807) is 0 Å². The fraction of sp³-hybridized carbons (Fsp3) is 0.500. The molecule has 5 rings (SSSR count). The third-order valence-electron chi connectivity index (χ3n) is 6.77. The van der Waals surface area contributed by atoms with Crippen molar-refractivity contribution in [1.29, 1.82) is 0 Å². The van der Waals surface area contributed by atoms with Gasteiger partial charge in [0.25, 0.3) is 8.32 Å². The van der Waals surface area contributed by atoms with Gasteiger partial charge in [0.15, 0.2) is 0 Å². The maximum absolute atomic E-state index is 10.6. The predicted molar refractivity (Wildman–Crippen MR) is 114 cm³/mol. The van der Waals surface area contributed by atoms with Gasteiger partial charge in [-0.3, -0.25) is 0 Å². The summed E-state index contributed by atoms with van der Waals surface area (Å²) in [4.78, 5) is 0. The molecule has 0 aromatic heterocycles. The Balaban J connectivity index is 1.83. The number of aliphatic hydroxyl groups is 1. The summed E-state index contributed by atoms with van der Waals surface area (Å²) in [6.07, 6.45) is 4.40. The van der Waals surface area contributed by atoms with Crippen LogP contribution in [-0.2, 0) is 4.43 Å². The Kier molecular flexibility index (Phi) is 5.04. The lowest BCUT2D eigenvalue weighted by molar-refractivity contribution is -0.0733. The first-order valence-corrected chi connectivity index (χ1v) is 12.3. The molecule has 2 aromatic carbocycles. The van der Waals surface area contributed by atoms with Crippen LogP contribution < -0.4 is 10.4 Å². The number of benzene rings is 2. The Morgan fingerprint density at radius 1 is 0.852 bits per heavy atom. The molecule has 3 heteroatoms. The van der Waals surface area contributed by atoms with Gasteiger partial charge in [0.1, 0.15) is 0 Å². The van der Waals surface area contributed by atoms with Crippen LogP contribution >= 0.6 is 0 Å². The van der Waals surface area contributed by atoms with Crippen molar-refractivity contribution in [2.45, 2.75) is 63.7 Å². The fourth-order valence-electron chi connectivity index (χ4n) is 5.46. The van der Waals surface area contributed by atoms with Crippen molar-refractivity contribution in [2.75, 3.05) is 0 Å². The van der Waals surface area contributed by atoms with Crippen molar-refractivity contribution in [2.24, 2.45) is 11.8 Å². The average Bonchev–Trinajstić information content (AvgIpc) is 2.67. The Hall–Kier alpha value is -1.42. The van der Waals surface area contributed by atoms with Gasteiger partial charge in [-0.1, -0.05) is 81.4 Å². The van der Waals surface area contributed by atoms with E-state index in [2.05, 4.69) is 81.4 Å². The fourth-order valence-corrected chi connectivity index (χ4v) is 10.2. The molecule has 27 heavy (non-hydrogen) atoms. The normalized spacial score (nSPS) is 28.3. The number of hydrogen-bond donors (Lipinski definition) is 1. The minimum atomic E-state index is -2.51. The van der Waals surface area contributed by atoms with E-state index in [1.807, 2.05) is 0 Å². The molecule has 0 heterocycles. The van der Waals surface area contributed by atoms with Crippen LogP contribution in [0, 0.1) is 11.8 Å². The number of aliphatic hydroxyl groups excluding tert-OH is 1. The predicted octanol–water partition coefficient (Wildman–Crippen LogP) is 4.11. The lowest BCUT2D eigenvalue weighted by atomic mass is 9.67. The Labute approximate surface area is 164 Å². The third kappa shape index (κ3) is 3.30. The minimum absolute atomic E-state index is 0.00263. The van der Waals surface area contributed by atoms with Gasteiger partial charge in [0, 0.05) is 5.92 Å². The van der Waals surface area contributed by atoms with Gasteiger partial charge < -0.3 is 9.53 Å². The van der Waals surface area contributed by atoms with Crippen molar-refractivity contribution >= 4 is 18.7 Å². The second kappa shape index (κ2) is 7.19. The van der Waals surface area contributed by atoms with Gasteiger partial charge in [0.05, 0.1) is 12.2 Å². The number of fused-ring (bicyclic) bond motifs is 3. The molecule has 0 spiro atoms. The summed E-state index contributed by atoms with van der Waals surface area (Å²) in [5.41, 5.74) is 0. The van der Waals surface area contributed by atoms with Crippen LogP contribution in [0.2, 0.25) is 5.04 Å². The molecule has 0 radical (unpaired) electrons. The van der Waals surface area contributed by atoms with E-state index in [0.29, 0.717) is 5.92 Å². The molecule has 2 bridgehead atoms. The molecule has 144 valence electrons. The summed E-state index contributed by atoms with van der Waals surface area (Å²) in [6, 6.07) is 21.7. The molecule has 0 saturated heterocycles. The molecule has 2 aromatic rings. The summed E-state index contributed by atoms with van der Waals surface area (Å²) >= 11 is 0. The van der Waals surface area contributed by atoms with Crippen LogP contribution in [0.1, 0.15) is 46.5 Å². The highest BCUT2D eigenvalue weighted by molar-refractivity contribution is 6.99. The van der Waals surface area contributed by atoms with Gasteiger partial charge >= 0.3 is 0 Å². The molecule has 3 aliphatic carbocycles. The second-order valence-corrected chi connectivity index (χ2v) is 13.7. The summed E-state index contributed by atoms with van der Waals surface area (Å²) in [5.74, 6) is 0.907. The van der Waals surface area contributed by atoms with Crippen molar-refractivity contribution in [3.8, 4) is 0 Å². The van der Waals surface area contributed by atoms with Crippen LogP contribution in [0.4, 0.5) is 0 Å². The van der Waals surface area contributed by atoms with Crippen LogP contribution in [0.3, 0.4) is 0 Å².